The van der Waals surface area contributed by atoms with Gasteiger partial charge >= 0.3 is 0 Å². The zero-order valence-electron chi connectivity index (χ0n) is 10.3. The van der Waals surface area contributed by atoms with Crippen molar-refractivity contribution in [2.45, 2.75) is 12.3 Å². The molecule has 1 atom stereocenters. The van der Waals surface area contributed by atoms with Gasteiger partial charge in [-0.25, -0.2) is 8.78 Å². The third-order valence-corrected chi connectivity index (χ3v) is 3.08. The lowest BCUT2D eigenvalue weighted by Gasteiger charge is -2.16. The van der Waals surface area contributed by atoms with Crippen LogP contribution in [0, 0.1) is 11.6 Å². The molecule has 0 aromatic heterocycles. The largest absolute Gasteiger partial charge is 0.508 e. The summed E-state index contributed by atoms with van der Waals surface area (Å²) in [4.78, 5) is 0. The predicted molar refractivity (Wildman–Crippen MR) is 70.0 cm³/mol. The number of benzene rings is 2. The molecule has 0 aliphatic carbocycles. The molecule has 0 amide bonds. The van der Waals surface area contributed by atoms with Crippen molar-refractivity contribution < 1.29 is 13.9 Å². The first-order valence-electron chi connectivity index (χ1n) is 6.03. The monoisotopic (exact) mass is 263 g/mol. The molecule has 0 bridgehead atoms. The Labute approximate surface area is 110 Å². The van der Waals surface area contributed by atoms with Gasteiger partial charge in [-0.1, -0.05) is 18.2 Å². The molecule has 2 nitrogen and oxygen atoms in total. The molecule has 0 aliphatic heterocycles. The molecular weight excluding hydrogens is 248 g/mol. The van der Waals surface area contributed by atoms with Crippen LogP contribution in [0.2, 0.25) is 0 Å². The first kappa shape index (κ1) is 13.5. The minimum absolute atomic E-state index is 0.160. The van der Waals surface area contributed by atoms with Crippen molar-refractivity contribution in [3.05, 3.63) is 65.2 Å². The number of nitrogens with two attached hydrogens (primary N) is 1. The second-order valence-corrected chi connectivity index (χ2v) is 4.47. The van der Waals surface area contributed by atoms with Crippen LogP contribution in [0.4, 0.5) is 8.78 Å². The van der Waals surface area contributed by atoms with E-state index in [1.807, 2.05) is 6.07 Å². The summed E-state index contributed by atoms with van der Waals surface area (Å²) in [5.41, 5.74) is 6.93. The second-order valence-electron chi connectivity index (χ2n) is 4.47. The van der Waals surface area contributed by atoms with Gasteiger partial charge in [0.25, 0.3) is 0 Å². The molecule has 4 heteroatoms. The minimum Gasteiger partial charge on any atom is -0.508 e. The normalized spacial score (nSPS) is 12.4. The Morgan fingerprint density at radius 3 is 2.53 bits per heavy atom. The van der Waals surface area contributed by atoms with Crippen LogP contribution in [0.15, 0.2) is 42.5 Å². The fraction of sp³-hybridized carbons (Fsp3) is 0.200. The van der Waals surface area contributed by atoms with Crippen molar-refractivity contribution in [2.24, 2.45) is 5.73 Å². The van der Waals surface area contributed by atoms with Crippen LogP contribution in [-0.2, 0) is 6.42 Å². The quantitative estimate of drug-likeness (QED) is 0.890. The fourth-order valence-corrected chi connectivity index (χ4v) is 2.12. The number of phenolic OH excluding ortho intramolecular Hbond substituents is 1. The van der Waals surface area contributed by atoms with Crippen molar-refractivity contribution in [3.63, 3.8) is 0 Å². The summed E-state index contributed by atoms with van der Waals surface area (Å²) in [6.45, 7) is 0.248. The first-order chi connectivity index (χ1) is 9.10. The SMILES string of the molecule is NCC(Cc1cccc(O)c1)c1ccc(F)cc1F. The van der Waals surface area contributed by atoms with Crippen LogP contribution in [0.5, 0.6) is 5.75 Å². The molecule has 0 fully saturated rings. The van der Waals surface area contributed by atoms with Crippen LogP contribution in [-0.4, -0.2) is 11.7 Å². The molecule has 2 rings (SSSR count). The molecule has 1 unspecified atom stereocenters. The summed E-state index contributed by atoms with van der Waals surface area (Å²) in [5, 5.41) is 9.41. The van der Waals surface area contributed by atoms with Crippen molar-refractivity contribution >= 4 is 0 Å². The molecule has 0 saturated heterocycles. The molecule has 2 aromatic rings. The highest BCUT2D eigenvalue weighted by Crippen LogP contribution is 2.24. The summed E-state index contributed by atoms with van der Waals surface area (Å²) in [6, 6.07) is 10.3. The van der Waals surface area contributed by atoms with E-state index < -0.39 is 11.6 Å². The van der Waals surface area contributed by atoms with Crippen LogP contribution in [0.1, 0.15) is 17.0 Å². The Kier molecular flexibility index (Phi) is 4.12. The molecule has 3 N–H and O–H groups in total. The molecule has 0 saturated carbocycles. The van der Waals surface area contributed by atoms with Gasteiger partial charge in [0, 0.05) is 12.0 Å². The van der Waals surface area contributed by atoms with E-state index in [2.05, 4.69) is 0 Å². The highest BCUT2D eigenvalue weighted by atomic mass is 19.1. The van der Waals surface area contributed by atoms with Gasteiger partial charge < -0.3 is 10.8 Å². The Bertz CT molecular complexity index is 572. The number of rotatable bonds is 4. The van der Waals surface area contributed by atoms with Gasteiger partial charge in [-0.05, 0) is 42.3 Å². The zero-order valence-corrected chi connectivity index (χ0v) is 10.3. The number of hydrogen-bond acceptors (Lipinski definition) is 2. The standard InChI is InChI=1S/C15H15F2NO/c16-12-4-5-14(15(17)8-12)11(9-18)6-10-2-1-3-13(19)7-10/h1-5,7-8,11,19H,6,9,18H2. The zero-order chi connectivity index (χ0) is 13.8. The molecule has 19 heavy (non-hydrogen) atoms. The average molecular weight is 263 g/mol. The van der Waals surface area contributed by atoms with Crippen molar-refractivity contribution in [1.82, 2.24) is 0 Å². The van der Waals surface area contributed by atoms with Gasteiger partial charge in [-0.3, -0.25) is 0 Å². The van der Waals surface area contributed by atoms with E-state index in [-0.39, 0.29) is 18.2 Å². The van der Waals surface area contributed by atoms with Gasteiger partial charge in [0.05, 0.1) is 0 Å². The fourth-order valence-electron chi connectivity index (χ4n) is 2.12. The smallest absolute Gasteiger partial charge is 0.129 e. The average Bonchev–Trinajstić information content (AvgIpc) is 2.37. The number of halogens is 2. The van der Waals surface area contributed by atoms with E-state index in [0.29, 0.717) is 12.0 Å². The van der Waals surface area contributed by atoms with Gasteiger partial charge in [0.2, 0.25) is 0 Å². The second kappa shape index (κ2) is 5.80. The molecule has 0 aliphatic rings. The van der Waals surface area contributed by atoms with Crippen LogP contribution >= 0.6 is 0 Å². The van der Waals surface area contributed by atoms with E-state index in [1.165, 1.54) is 12.1 Å². The first-order valence-corrected chi connectivity index (χ1v) is 6.03. The lowest BCUT2D eigenvalue weighted by atomic mass is 9.91. The maximum absolute atomic E-state index is 13.7. The third-order valence-electron chi connectivity index (χ3n) is 3.08. The van der Waals surface area contributed by atoms with E-state index in [0.717, 1.165) is 11.6 Å². The Morgan fingerprint density at radius 1 is 1.11 bits per heavy atom. The number of aromatic hydroxyl groups is 1. The van der Waals surface area contributed by atoms with Crippen molar-refractivity contribution in [2.75, 3.05) is 6.54 Å². The summed E-state index contributed by atoms with van der Waals surface area (Å²) in [7, 11) is 0. The minimum atomic E-state index is -0.602. The number of hydrogen-bond donors (Lipinski definition) is 2. The van der Waals surface area contributed by atoms with Gasteiger partial charge in [0.15, 0.2) is 0 Å². The summed E-state index contributed by atoms with van der Waals surface area (Å²) < 4.78 is 26.6. The Hall–Kier alpha value is -1.94. The van der Waals surface area contributed by atoms with E-state index in [1.54, 1.807) is 18.2 Å². The Morgan fingerprint density at radius 2 is 1.89 bits per heavy atom. The molecular formula is C15H15F2NO. The van der Waals surface area contributed by atoms with Crippen LogP contribution < -0.4 is 5.73 Å². The molecule has 2 aromatic carbocycles. The predicted octanol–water partition coefficient (Wildman–Crippen LogP) is 2.96. The summed E-state index contributed by atoms with van der Waals surface area (Å²) >= 11 is 0. The highest BCUT2D eigenvalue weighted by Gasteiger charge is 2.15. The van der Waals surface area contributed by atoms with Crippen molar-refractivity contribution in [3.8, 4) is 5.75 Å². The molecule has 100 valence electrons. The molecule has 0 radical (unpaired) electrons. The van der Waals surface area contributed by atoms with Gasteiger partial charge in [0.1, 0.15) is 17.4 Å². The van der Waals surface area contributed by atoms with Gasteiger partial charge in [-0.2, -0.15) is 0 Å². The van der Waals surface area contributed by atoms with Crippen molar-refractivity contribution in [1.29, 1.82) is 0 Å². The van der Waals surface area contributed by atoms with Crippen LogP contribution in [0.25, 0.3) is 0 Å². The Balaban J connectivity index is 2.25. The molecule has 0 heterocycles. The lowest BCUT2D eigenvalue weighted by molar-refractivity contribution is 0.474. The maximum Gasteiger partial charge on any atom is 0.129 e. The van der Waals surface area contributed by atoms with E-state index in [4.69, 9.17) is 5.73 Å². The third kappa shape index (κ3) is 3.29. The van der Waals surface area contributed by atoms with E-state index >= 15 is 0 Å². The summed E-state index contributed by atoms with van der Waals surface area (Å²) in [5.74, 6) is -1.28. The molecule has 0 spiro atoms. The summed E-state index contributed by atoms with van der Waals surface area (Å²) in [6.07, 6.45) is 0.494. The van der Waals surface area contributed by atoms with E-state index in [9.17, 15) is 13.9 Å². The topological polar surface area (TPSA) is 46.2 Å². The maximum atomic E-state index is 13.7. The number of phenols is 1. The lowest BCUT2D eigenvalue weighted by Crippen LogP contribution is -2.16. The van der Waals surface area contributed by atoms with Crippen LogP contribution in [0.3, 0.4) is 0 Å². The van der Waals surface area contributed by atoms with Gasteiger partial charge in [-0.15, -0.1) is 0 Å². The highest BCUT2D eigenvalue weighted by molar-refractivity contribution is 5.30.